The van der Waals surface area contributed by atoms with Crippen molar-refractivity contribution in [3.63, 3.8) is 0 Å². The zero-order valence-electron chi connectivity index (χ0n) is 12.6. The predicted octanol–water partition coefficient (Wildman–Crippen LogP) is 2.35. The van der Waals surface area contributed by atoms with E-state index < -0.39 is 0 Å². The van der Waals surface area contributed by atoms with Crippen LogP contribution >= 0.6 is 12.2 Å². The fraction of sp³-hybridized carbons (Fsp3) is 0.600. The maximum atomic E-state index is 5.64. The quantitative estimate of drug-likeness (QED) is 0.709. The van der Waals surface area contributed by atoms with Crippen LogP contribution in [0.15, 0.2) is 18.3 Å². The molecule has 0 atom stereocenters. The highest BCUT2D eigenvalue weighted by Crippen LogP contribution is 2.14. The first kappa shape index (κ1) is 17.0. The molecule has 0 aliphatic heterocycles. The van der Waals surface area contributed by atoms with Crippen molar-refractivity contribution in [2.75, 3.05) is 20.3 Å². The highest BCUT2D eigenvalue weighted by Gasteiger charge is 2.15. The third kappa shape index (κ3) is 5.15. The zero-order valence-corrected chi connectivity index (χ0v) is 13.4. The summed E-state index contributed by atoms with van der Waals surface area (Å²) in [5, 5.41) is 0. The van der Waals surface area contributed by atoms with Crippen LogP contribution in [0.2, 0.25) is 0 Å². The lowest BCUT2D eigenvalue weighted by Gasteiger charge is -2.30. The minimum atomic E-state index is 0.345. The van der Waals surface area contributed by atoms with E-state index >= 15 is 0 Å². The molecule has 0 aliphatic carbocycles. The van der Waals surface area contributed by atoms with Crippen LogP contribution in [0.3, 0.4) is 0 Å². The van der Waals surface area contributed by atoms with Gasteiger partial charge in [-0.3, -0.25) is 9.88 Å². The van der Waals surface area contributed by atoms with Gasteiger partial charge in [-0.05, 0) is 30.5 Å². The summed E-state index contributed by atoms with van der Waals surface area (Å²) >= 11 is 4.98. The molecule has 4 nitrogen and oxygen atoms in total. The number of hydrogen-bond donors (Lipinski definition) is 1. The smallest absolute Gasteiger partial charge is 0.122 e. The second kappa shape index (κ2) is 9.00. The Hall–Kier alpha value is -1.04. The summed E-state index contributed by atoms with van der Waals surface area (Å²) in [5.74, 6) is 0. The van der Waals surface area contributed by atoms with E-state index in [2.05, 4.69) is 23.7 Å². The Morgan fingerprint density at radius 2 is 2.15 bits per heavy atom. The van der Waals surface area contributed by atoms with Crippen molar-refractivity contribution < 1.29 is 4.74 Å². The monoisotopic (exact) mass is 295 g/mol. The van der Waals surface area contributed by atoms with Gasteiger partial charge in [0, 0.05) is 32.4 Å². The van der Waals surface area contributed by atoms with Crippen LogP contribution in [0.5, 0.6) is 0 Å². The van der Waals surface area contributed by atoms with Crippen molar-refractivity contribution in [3.8, 4) is 0 Å². The van der Waals surface area contributed by atoms with Gasteiger partial charge in [-0.25, -0.2) is 0 Å². The molecule has 0 fully saturated rings. The lowest BCUT2D eigenvalue weighted by atomic mass is 10.1. The van der Waals surface area contributed by atoms with Gasteiger partial charge in [-0.15, -0.1) is 0 Å². The van der Waals surface area contributed by atoms with Gasteiger partial charge in [-0.2, -0.15) is 0 Å². The Bertz CT molecular complexity index is 421. The van der Waals surface area contributed by atoms with Crippen LogP contribution in [-0.4, -0.2) is 41.2 Å². The van der Waals surface area contributed by atoms with E-state index in [1.807, 2.05) is 12.1 Å². The summed E-state index contributed by atoms with van der Waals surface area (Å²) in [5.41, 5.74) is 7.52. The molecule has 0 saturated heterocycles. The highest BCUT2D eigenvalue weighted by molar-refractivity contribution is 7.80. The molecule has 2 N–H and O–H groups in total. The predicted molar refractivity (Wildman–Crippen MR) is 86.8 cm³/mol. The number of nitrogens with zero attached hydrogens (tertiary/aromatic N) is 2. The number of methoxy groups -OCH3 is 1. The fourth-order valence-electron chi connectivity index (χ4n) is 2.35. The Morgan fingerprint density at radius 3 is 2.70 bits per heavy atom. The maximum Gasteiger partial charge on any atom is 0.122 e. The molecule has 0 radical (unpaired) electrons. The standard InChI is InChI=1S/C15H25N3OS/c1-4-13(5-2)18(8-9-19-3)11-12-6-7-17-14(10-12)15(16)20/h6-7,10,13H,4-5,8-9,11H2,1-3H3,(H2,16,20). The Balaban J connectivity index is 2.82. The molecule has 0 aliphatic rings. The zero-order chi connectivity index (χ0) is 15.0. The molecule has 0 saturated carbocycles. The normalized spacial score (nSPS) is 11.2. The number of thiocarbonyl (C=S) groups is 1. The molecule has 1 heterocycles. The average Bonchev–Trinajstić information content (AvgIpc) is 2.46. The Kier molecular flexibility index (Phi) is 7.65. The van der Waals surface area contributed by atoms with Crippen molar-refractivity contribution in [2.24, 2.45) is 5.73 Å². The molecule has 1 aromatic rings. The average molecular weight is 295 g/mol. The van der Waals surface area contributed by atoms with Crippen LogP contribution < -0.4 is 5.73 Å². The Morgan fingerprint density at radius 1 is 1.45 bits per heavy atom. The lowest BCUT2D eigenvalue weighted by Crippen LogP contribution is -2.36. The van der Waals surface area contributed by atoms with Crippen molar-refractivity contribution in [2.45, 2.75) is 39.3 Å². The second-order valence-corrected chi connectivity index (χ2v) is 5.29. The number of aromatic nitrogens is 1. The van der Waals surface area contributed by atoms with Gasteiger partial charge < -0.3 is 10.5 Å². The van der Waals surface area contributed by atoms with Gasteiger partial charge in [0.1, 0.15) is 4.99 Å². The van der Waals surface area contributed by atoms with Gasteiger partial charge in [0.05, 0.1) is 12.3 Å². The molecule has 5 heteroatoms. The number of ether oxygens (including phenoxy) is 1. The van der Waals surface area contributed by atoms with Gasteiger partial charge in [0.2, 0.25) is 0 Å². The van der Waals surface area contributed by atoms with Crippen molar-refractivity contribution >= 4 is 17.2 Å². The molecule has 1 aromatic heterocycles. The lowest BCUT2D eigenvalue weighted by molar-refractivity contribution is 0.110. The van der Waals surface area contributed by atoms with Crippen LogP contribution in [0, 0.1) is 0 Å². The van der Waals surface area contributed by atoms with Crippen molar-refractivity contribution in [1.29, 1.82) is 0 Å². The summed E-state index contributed by atoms with van der Waals surface area (Å²) in [4.78, 5) is 6.98. The van der Waals surface area contributed by atoms with Crippen molar-refractivity contribution in [1.82, 2.24) is 9.88 Å². The molecular formula is C15H25N3OS. The number of hydrogen-bond acceptors (Lipinski definition) is 4. The van der Waals surface area contributed by atoms with E-state index in [0.29, 0.717) is 16.7 Å². The third-order valence-electron chi connectivity index (χ3n) is 3.50. The summed E-state index contributed by atoms with van der Waals surface area (Å²) < 4.78 is 5.22. The molecule has 0 unspecified atom stereocenters. The van der Waals surface area contributed by atoms with E-state index in [1.54, 1.807) is 13.3 Å². The van der Waals surface area contributed by atoms with Crippen LogP contribution in [0.25, 0.3) is 0 Å². The van der Waals surface area contributed by atoms with E-state index in [4.69, 9.17) is 22.7 Å². The first-order chi connectivity index (χ1) is 9.62. The van der Waals surface area contributed by atoms with E-state index in [0.717, 1.165) is 32.5 Å². The number of rotatable bonds is 9. The van der Waals surface area contributed by atoms with Gasteiger partial charge >= 0.3 is 0 Å². The van der Waals surface area contributed by atoms with E-state index in [9.17, 15) is 0 Å². The first-order valence-corrected chi connectivity index (χ1v) is 7.50. The molecule has 20 heavy (non-hydrogen) atoms. The van der Waals surface area contributed by atoms with E-state index in [-0.39, 0.29) is 0 Å². The van der Waals surface area contributed by atoms with Gasteiger partial charge in [0.15, 0.2) is 0 Å². The van der Waals surface area contributed by atoms with Crippen LogP contribution in [-0.2, 0) is 11.3 Å². The fourth-order valence-corrected chi connectivity index (χ4v) is 2.46. The van der Waals surface area contributed by atoms with Crippen LogP contribution in [0.1, 0.15) is 37.9 Å². The number of nitrogens with two attached hydrogens (primary N) is 1. The summed E-state index contributed by atoms with van der Waals surface area (Å²) in [7, 11) is 1.74. The summed E-state index contributed by atoms with van der Waals surface area (Å²) in [6.07, 6.45) is 4.03. The largest absolute Gasteiger partial charge is 0.388 e. The van der Waals surface area contributed by atoms with Gasteiger partial charge in [-0.1, -0.05) is 26.1 Å². The minimum Gasteiger partial charge on any atom is -0.388 e. The summed E-state index contributed by atoms with van der Waals surface area (Å²) in [6.45, 7) is 6.98. The van der Waals surface area contributed by atoms with Gasteiger partial charge in [0.25, 0.3) is 0 Å². The molecule has 0 bridgehead atoms. The summed E-state index contributed by atoms with van der Waals surface area (Å²) in [6, 6.07) is 4.56. The molecule has 0 amide bonds. The minimum absolute atomic E-state index is 0.345. The topological polar surface area (TPSA) is 51.4 Å². The molecule has 0 spiro atoms. The van der Waals surface area contributed by atoms with Crippen LogP contribution in [0.4, 0.5) is 0 Å². The molecular weight excluding hydrogens is 270 g/mol. The first-order valence-electron chi connectivity index (χ1n) is 7.10. The Labute approximate surface area is 127 Å². The third-order valence-corrected chi connectivity index (χ3v) is 3.71. The SMILES string of the molecule is CCC(CC)N(CCOC)Cc1ccnc(C(N)=S)c1. The second-order valence-electron chi connectivity index (χ2n) is 4.85. The van der Waals surface area contributed by atoms with Crippen molar-refractivity contribution in [3.05, 3.63) is 29.6 Å². The highest BCUT2D eigenvalue weighted by atomic mass is 32.1. The maximum absolute atomic E-state index is 5.64. The molecule has 112 valence electrons. The molecule has 0 aromatic carbocycles. The van der Waals surface area contributed by atoms with E-state index in [1.165, 1.54) is 5.56 Å². The number of pyridine rings is 1. The molecule has 1 rings (SSSR count).